The van der Waals surface area contributed by atoms with E-state index in [9.17, 15) is 8.42 Å². The smallest absolute Gasteiger partial charge is 0.261 e. The molecule has 1 aliphatic rings. The summed E-state index contributed by atoms with van der Waals surface area (Å²) in [5, 5.41) is 2.97. The fourth-order valence-corrected chi connectivity index (χ4v) is 5.35. The summed E-state index contributed by atoms with van der Waals surface area (Å²) in [6.07, 6.45) is 4.68. The first-order valence-electron chi connectivity index (χ1n) is 10.4. The minimum atomic E-state index is -3.65. The van der Waals surface area contributed by atoms with Gasteiger partial charge in [0.05, 0.1) is 4.90 Å². The van der Waals surface area contributed by atoms with E-state index in [2.05, 4.69) is 20.4 Å². The van der Waals surface area contributed by atoms with Crippen molar-refractivity contribution in [2.45, 2.75) is 24.3 Å². The summed E-state index contributed by atoms with van der Waals surface area (Å²) in [6, 6.07) is 20.7. The minimum Gasteiger partial charge on any atom is -0.346 e. The van der Waals surface area contributed by atoms with E-state index >= 15 is 0 Å². The molecule has 0 aliphatic carbocycles. The van der Waals surface area contributed by atoms with Crippen molar-refractivity contribution in [2.75, 3.05) is 24.4 Å². The van der Waals surface area contributed by atoms with Gasteiger partial charge in [-0.05, 0) is 73.1 Å². The van der Waals surface area contributed by atoms with Gasteiger partial charge in [0.1, 0.15) is 0 Å². The van der Waals surface area contributed by atoms with Crippen LogP contribution in [0.2, 0.25) is 0 Å². The molecular weight excluding hydrogens is 394 g/mol. The highest BCUT2D eigenvalue weighted by Crippen LogP contribution is 2.25. The van der Waals surface area contributed by atoms with Crippen LogP contribution >= 0.6 is 0 Å². The molecule has 1 aromatic heterocycles. The fraction of sp³-hybridized carbons (Fsp3) is 0.250. The summed E-state index contributed by atoms with van der Waals surface area (Å²) in [7, 11) is -3.65. The second kappa shape index (κ2) is 7.78. The number of benzene rings is 3. The van der Waals surface area contributed by atoms with Gasteiger partial charge in [0.2, 0.25) is 0 Å². The van der Waals surface area contributed by atoms with Gasteiger partial charge in [-0.25, -0.2) is 8.42 Å². The van der Waals surface area contributed by atoms with Gasteiger partial charge >= 0.3 is 0 Å². The first-order valence-corrected chi connectivity index (χ1v) is 11.9. The zero-order valence-electron chi connectivity index (χ0n) is 16.8. The lowest BCUT2D eigenvalue weighted by atomic mass is 10.1. The van der Waals surface area contributed by atoms with Crippen LogP contribution in [0.25, 0.3) is 21.7 Å². The predicted molar refractivity (Wildman–Crippen MR) is 122 cm³/mol. The van der Waals surface area contributed by atoms with Crippen LogP contribution in [0.1, 0.15) is 12.8 Å². The van der Waals surface area contributed by atoms with Crippen LogP contribution in [0.15, 0.2) is 77.8 Å². The maximum atomic E-state index is 12.9. The number of hydrogen-bond acceptors (Lipinski definition) is 3. The van der Waals surface area contributed by atoms with Gasteiger partial charge in [-0.1, -0.05) is 30.3 Å². The highest BCUT2D eigenvalue weighted by Gasteiger charge is 2.16. The van der Waals surface area contributed by atoms with Gasteiger partial charge in [0, 0.05) is 35.9 Å². The van der Waals surface area contributed by atoms with Gasteiger partial charge in [-0.15, -0.1) is 0 Å². The molecule has 1 saturated heterocycles. The minimum absolute atomic E-state index is 0.268. The fourth-order valence-electron chi connectivity index (χ4n) is 4.26. The van der Waals surface area contributed by atoms with Crippen LogP contribution in [0.3, 0.4) is 0 Å². The molecule has 0 bridgehead atoms. The normalized spacial score (nSPS) is 15.2. The molecule has 0 atom stereocenters. The van der Waals surface area contributed by atoms with Gasteiger partial charge in [0.15, 0.2) is 0 Å². The third kappa shape index (κ3) is 3.80. The predicted octanol–water partition coefficient (Wildman–Crippen LogP) is 4.69. The Morgan fingerprint density at radius 2 is 1.60 bits per heavy atom. The maximum Gasteiger partial charge on any atom is 0.261 e. The Labute approximate surface area is 177 Å². The van der Waals surface area contributed by atoms with E-state index in [1.165, 1.54) is 25.9 Å². The highest BCUT2D eigenvalue weighted by atomic mass is 32.2. The highest BCUT2D eigenvalue weighted by molar-refractivity contribution is 7.92. The maximum absolute atomic E-state index is 12.9. The zero-order valence-corrected chi connectivity index (χ0v) is 17.6. The SMILES string of the molecule is O=S(=O)(Nc1ccc2c(ccn2CCN2CCCC2)c1)c1ccc2ccccc2c1. The Morgan fingerprint density at radius 3 is 2.43 bits per heavy atom. The molecule has 1 aliphatic heterocycles. The molecule has 1 fully saturated rings. The molecule has 6 heteroatoms. The van der Waals surface area contributed by atoms with Crippen LogP contribution in [0.4, 0.5) is 5.69 Å². The Hall–Kier alpha value is -2.83. The van der Waals surface area contributed by atoms with Crippen molar-refractivity contribution < 1.29 is 8.42 Å². The number of aromatic nitrogens is 1. The van der Waals surface area contributed by atoms with Crippen LogP contribution in [0.5, 0.6) is 0 Å². The summed E-state index contributed by atoms with van der Waals surface area (Å²) >= 11 is 0. The second-order valence-electron chi connectivity index (χ2n) is 7.95. The average molecular weight is 420 g/mol. The Morgan fingerprint density at radius 1 is 0.800 bits per heavy atom. The lowest BCUT2D eigenvalue weighted by molar-refractivity contribution is 0.324. The van der Waals surface area contributed by atoms with Crippen molar-refractivity contribution in [1.82, 2.24) is 9.47 Å². The van der Waals surface area contributed by atoms with E-state index in [1.807, 2.05) is 54.6 Å². The van der Waals surface area contributed by atoms with Crippen LogP contribution in [0, 0.1) is 0 Å². The average Bonchev–Trinajstić information content (AvgIpc) is 3.41. The van der Waals surface area contributed by atoms with Crippen molar-refractivity contribution in [3.8, 4) is 0 Å². The van der Waals surface area contributed by atoms with E-state index in [1.54, 1.807) is 12.1 Å². The number of nitrogens with one attached hydrogen (secondary N) is 1. The standard InChI is InChI=1S/C24H25N3O2S/c28-30(29,23-9-7-19-5-1-2-6-20(19)18-23)25-22-8-10-24-21(17-22)11-14-27(24)16-15-26-12-3-4-13-26/h1-2,5-11,14,17-18,25H,3-4,12-13,15-16H2. The summed E-state index contributed by atoms with van der Waals surface area (Å²) in [5.74, 6) is 0. The molecule has 0 amide bonds. The van der Waals surface area contributed by atoms with Gasteiger partial charge < -0.3 is 9.47 Å². The van der Waals surface area contributed by atoms with Crippen LogP contribution in [-0.4, -0.2) is 37.5 Å². The van der Waals surface area contributed by atoms with Gasteiger partial charge in [-0.3, -0.25) is 4.72 Å². The van der Waals surface area contributed by atoms with Gasteiger partial charge in [-0.2, -0.15) is 0 Å². The molecule has 30 heavy (non-hydrogen) atoms. The second-order valence-corrected chi connectivity index (χ2v) is 9.63. The summed E-state index contributed by atoms with van der Waals surface area (Å²) in [6.45, 7) is 4.39. The number of nitrogens with zero attached hydrogens (tertiary/aromatic N) is 2. The molecule has 5 nitrogen and oxygen atoms in total. The monoisotopic (exact) mass is 419 g/mol. The number of likely N-dealkylation sites (tertiary alicyclic amines) is 1. The number of rotatable bonds is 6. The first-order chi connectivity index (χ1) is 14.6. The van der Waals surface area contributed by atoms with E-state index in [4.69, 9.17) is 0 Å². The van der Waals surface area contributed by atoms with E-state index in [0.29, 0.717) is 5.69 Å². The molecule has 0 saturated carbocycles. The van der Waals surface area contributed by atoms with Crippen molar-refractivity contribution in [3.63, 3.8) is 0 Å². The molecule has 0 spiro atoms. The number of anilines is 1. The van der Waals surface area contributed by atoms with Crippen molar-refractivity contribution in [1.29, 1.82) is 0 Å². The molecule has 154 valence electrons. The van der Waals surface area contributed by atoms with Crippen LogP contribution < -0.4 is 4.72 Å². The third-order valence-electron chi connectivity index (χ3n) is 5.91. The van der Waals surface area contributed by atoms with E-state index in [0.717, 1.165) is 34.8 Å². The van der Waals surface area contributed by atoms with Crippen molar-refractivity contribution in [2.24, 2.45) is 0 Å². The molecule has 2 heterocycles. The Bertz CT molecular complexity index is 1300. The van der Waals surface area contributed by atoms with E-state index in [-0.39, 0.29) is 4.90 Å². The summed E-state index contributed by atoms with van der Waals surface area (Å²) in [4.78, 5) is 2.77. The number of fused-ring (bicyclic) bond motifs is 2. The largest absolute Gasteiger partial charge is 0.346 e. The summed E-state index contributed by atoms with van der Waals surface area (Å²) < 4.78 is 30.8. The first kappa shape index (κ1) is 19.2. The van der Waals surface area contributed by atoms with Crippen molar-refractivity contribution in [3.05, 3.63) is 72.9 Å². The van der Waals surface area contributed by atoms with E-state index < -0.39 is 10.0 Å². The molecule has 4 aromatic rings. The Balaban J connectivity index is 1.36. The molecular formula is C24H25N3O2S. The molecule has 0 unspecified atom stereocenters. The molecule has 3 aromatic carbocycles. The molecule has 5 rings (SSSR count). The Kier molecular flexibility index (Phi) is 4.97. The zero-order chi connectivity index (χ0) is 20.6. The molecule has 0 radical (unpaired) electrons. The molecule has 1 N–H and O–H groups in total. The number of hydrogen-bond donors (Lipinski definition) is 1. The lowest BCUT2D eigenvalue weighted by Crippen LogP contribution is -2.23. The number of sulfonamides is 1. The lowest BCUT2D eigenvalue weighted by Gasteiger charge is -2.15. The topological polar surface area (TPSA) is 54.3 Å². The quantitative estimate of drug-likeness (QED) is 0.493. The third-order valence-corrected chi connectivity index (χ3v) is 7.29. The van der Waals surface area contributed by atoms with Crippen molar-refractivity contribution >= 4 is 37.4 Å². The van der Waals surface area contributed by atoms with Gasteiger partial charge in [0.25, 0.3) is 10.0 Å². The van der Waals surface area contributed by atoms with Crippen LogP contribution in [-0.2, 0) is 16.6 Å². The summed E-state index contributed by atoms with van der Waals surface area (Å²) in [5.41, 5.74) is 1.70.